The third-order valence-electron chi connectivity index (χ3n) is 4.69. The summed E-state index contributed by atoms with van der Waals surface area (Å²) >= 11 is 15.6. The molecule has 0 N–H and O–H groups in total. The fourth-order valence-electron chi connectivity index (χ4n) is 3.41. The molecule has 3 aromatic rings. The Morgan fingerprint density at radius 2 is 1.88 bits per heavy atom. The molecule has 0 bridgehead atoms. The fourth-order valence-corrected chi connectivity index (χ4v) is 3.98. The number of halogens is 3. The van der Waals surface area contributed by atoms with Crippen molar-refractivity contribution in [2.24, 2.45) is 0 Å². The SMILES string of the molecule is O=C(C[n+]1cc(-c2ccc(Cl)c(Cl)c2)n2c1CCC2)c1ccc(Br)cc1. The second kappa shape index (κ2) is 7.18. The third-order valence-corrected chi connectivity index (χ3v) is 5.96. The Bertz CT molecular complexity index is 996. The lowest BCUT2D eigenvalue weighted by Crippen LogP contribution is -2.40. The Morgan fingerprint density at radius 3 is 2.62 bits per heavy atom. The number of hydrogen-bond acceptors (Lipinski definition) is 1. The van der Waals surface area contributed by atoms with Gasteiger partial charge in [-0.05, 0) is 36.8 Å². The Labute approximate surface area is 170 Å². The quantitative estimate of drug-likeness (QED) is 0.389. The van der Waals surface area contributed by atoms with Crippen molar-refractivity contribution in [3.8, 4) is 11.3 Å². The lowest BCUT2D eigenvalue weighted by molar-refractivity contribution is -0.689. The van der Waals surface area contributed by atoms with Crippen LogP contribution in [0.5, 0.6) is 0 Å². The van der Waals surface area contributed by atoms with Gasteiger partial charge in [0.1, 0.15) is 6.20 Å². The van der Waals surface area contributed by atoms with E-state index in [1.165, 1.54) is 5.82 Å². The van der Waals surface area contributed by atoms with Crippen LogP contribution in [-0.4, -0.2) is 10.4 Å². The Balaban J connectivity index is 1.68. The van der Waals surface area contributed by atoms with Crippen LogP contribution in [0.2, 0.25) is 10.0 Å². The first-order valence-corrected chi connectivity index (χ1v) is 9.94. The van der Waals surface area contributed by atoms with Gasteiger partial charge in [0, 0.05) is 15.6 Å². The summed E-state index contributed by atoms with van der Waals surface area (Å²) < 4.78 is 5.30. The summed E-state index contributed by atoms with van der Waals surface area (Å²) in [6.07, 6.45) is 4.09. The number of ketones is 1. The highest BCUT2D eigenvalue weighted by molar-refractivity contribution is 9.10. The number of aromatic nitrogens is 2. The zero-order valence-corrected chi connectivity index (χ0v) is 17.0. The van der Waals surface area contributed by atoms with Gasteiger partial charge in [-0.1, -0.05) is 51.3 Å². The monoisotopic (exact) mass is 449 g/mol. The Morgan fingerprint density at radius 1 is 1.12 bits per heavy atom. The normalized spacial score (nSPS) is 13.0. The van der Waals surface area contributed by atoms with Gasteiger partial charge in [-0.15, -0.1) is 0 Å². The predicted molar refractivity (Wildman–Crippen MR) is 107 cm³/mol. The van der Waals surface area contributed by atoms with Crippen molar-refractivity contribution >= 4 is 44.9 Å². The number of Topliss-reactive ketones (excluding diaryl/α,β-unsaturated/α-hetero) is 1. The number of hydrogen-bond donors (Lipinski definition) is 0. The van der Waals surface area contributed by atoms with Crippen LogP contribution < -0.4 is 4.57 Å². The van der Waals surface area contributed by atoms with E-state index in [-0.39, 0.29) is 5.78 Å². The second-order valence-electron chi connectivity index (χ2n) is 6.37. The maximum absolute atomic E-state index is 12.7. The van der Waals surface area contributed by atoms with Crippen molar-refractivity contribution in [3.05, 3.63) is 74.6 Å². The average Bonchev–Trinajstić information content (AvgIpc) is 3.22. The van der Waals surface area contributed by atoms with Crippen LogP contribution >= 0.6 is 39.1 Å². The molecule has 2 heterocycles. The van der Waals surface area contributed by atoms with E-state index in [0.29, 0.717) is 16.6 Å². The molecule has 0 saturated heterocycles. The molecule has 0 fully saturated rings. The lowest BCUT2D eigenvalue weighted by atomic mass is 10.1. The molecule has 6 heteroatoms. The van der Waals surface area contributed by atoms with Crippen molar-refractivity contribution in [2.75, 3.05) is 0 Å². The topological polar surface area (TPSA) is 25.9 Å². The minimum Gasteiger partial charge on any atom is -0.290 e. The standard InChI is InChI=1S/C20H16BrCl2N2O/c21-15-6-3-13(4-7-15)19(26)12-24-11-18(25-9-1-2-20(24)25)14-5-8-16(22)17(23)10-14/h3-8,10-11H,1-2,9,12H2/q+1. The number of nitrogens with zero attached hydrogens (tertiary/aromatic N) is 2. The molecule has 3 nitrogen and oxygen atoms in total. The van der Waals surface area contributed by atoms with E-state index in [1.54, 1.807) is 0 Å². The summed E-state index contributed by atoms with van der Waals surface area (Å²) in [4.78, 5) is 12.7. The maximum atomic E-state index is 12.7. The first-order chi connectivity index (χ1) is 12.5. The lowest BCUT2D eigenvalue weighted by Gasteiger charge is -2.01. The molecule has 1 aliphatic heterocycles. The van der Waals surface area contributed by atoms with Gasteiger partial charge in [0.2, 0.25) is 5.78 Å². The molecule has 1 aliphatic rings. The summed E-state index contributed by atoms with van der Waals surface area (Å²) in [5.74, 6) is 1.28. The number of carbonyl (C=O) groups excluding carboxylic acids is 1. The minimum absolute atomic E-state index is 0.100. The van der Waals surface area contributed by atoms with Crippen LogP contribution in [-0.2, 0) is 19.5 Å². The van der Waals surface area contributed by atoms with E-state index < -0.39 is 0 Å². The smallest absolute Gasteiger partial charge is 0.257 e. The van der Waals surface area contributed by atoms with Crippen LogP contribution in [0.4, 0.5) is 0 Å². The average molecular weight is 451 g/mol. The summed E-state index contributed by atoms with van der Waals surface area (Å²) in [6, 6.07) is 13.1. The number of fused-ring (bicyclic) bond motifs is 1. The van der Waals surface area contributed by atoms with Crippen molar-refractivity contribution in [1.82, 2.24) is 4.57 Å². The minimum atomic E-state index is 0.100. The molecular formula is C20H16BrCl2N2O+. The molecule has 0 atom stereocenters. The largest absolute Gasteiger partial charge is 0.290 e. The highest BCUT2D eigenvalue weighted by Crippen LogP contribution is 2.30. The molecule has 0 aliphatic carbocycles. The molecule has 26 heavy (non-hydrogen) atoms. The van der Waals surface area contributed by atoms with E-state index in [4.69, 9.17) is 23.2 Å². The highest BCUT2D eigenvalue weighted by Gasteiger charge is 2.30. The maximum Gasteiger partial charge on any atom is 0.257 e. The van der Waals surface area contributed by atoms with Crippen LogP contribution in [0.1, 0.15) is 22.6 Å². The molecule has 132 valence electrons. The molecule has 0 unspecified atom stereocenters. The first kappa shape index (κ1) is 17.8. The summed E-state index contributed by atoms with van der Waals surface area (Å²) in [5.41, 5.74) is 2.80. The van der Waals surface area contributed by atoms with Crippen molar-refractivity contribution in [2.45, 2.75) is 25.9 Å². The van der Waals surface area contributed by atoms with E-state index in [2.05, 4.69) is 25.1 Å². The van der Waals surface area contributed by atoms with E-state index in [1.807, 2.05) is 48.7 Å². The van der Waals surface area contributed by atoms with Crippen LogP contribution in [0, 0.1) is 0 Å². The summed E-state index contributed by atoms with van der Waals surface area (Å²) in [7, 11) is 0. The molecule has 0 radical (unpaired) electrons. The van der Waals surface area contributed by atoms with E-state index >= 15 is 0 Å². The van der Waals surface area contributed by atoms with Crippen LogP contribution in [0.25, 0.3) is 11.3 Å². The second-order valence-corrected chi connectivity index (χ2v) is 8.10. The van der Waals surface area contributed by atoms with E-state index in [9.17, 15) is 4.79 Å². The fraction of sp³-hybridized carbons (Fsp3) is 0.200. The zero-order valence-electron chi connectivity index (χ0n) is 13.9. The number of benzene rings is 2. The molecule has 0 saturated carbocycles. The number of carbonyl (C=O) groups is 1. The van der Waals surface area contributed by atoms with Crippen molar-refractivity contribution < 1.29 is 9.36 Å². The van der Waals surface area contributed by atoms with Crippen LogP contribution in [0.3, 0.4) is 0 Å². The number of rotatable bonds is 4. The molecule has 0 spiro atoms. The first-order valence-electron chi connectivity index (χ1n) is 8.39. The number of imidazole rings is 1. The van der Waals surface area contributed by atoms with Crippen molar-refractivity contribution in [3.63, 3.8) is 0 Å². The van der Waals surface area contributed by atoms with Gasteiger partial charge in [-0.3, -0.25) is 4.79 Å². The van der Waals surface area contributed by atoms with Gasteiger partial charge in [0.25, 0.3) is 5.82 Å². The van der Waals surface area contributed by atoms with Gasteiger partial charge >= 0.3 is 0 Å². The van der Waals surface area contributed by atoms with E-state index in [0.717, 1.165) is 40.7 Å². The molecule has 2 aromatic carbocycles. The predicted octanol–water partition coefficient (Wildman–Crippen LogP) is 5.34. The van der Waals surface area contributed by atoms with Gasteiger partial charge in [0.05, 0.1) is 23.0 Å². The van der Waals surface area contributed by atoms with Gasteiger partial charge in [-0.2, -0.15) is 0 Å². The Hall–Kier alpha value is -1.62. The van der Waals surface area contributed by atoms with Crippen molar-refractivity contribution in [1.29, 1.82) is 0 Å². The summed E-state index contributed by atoms with van der Waals surface area (Å²) in [6.45, 7) is 1.28. The van der Waals surface area contributed by atoms with Crippen LogP contribution in [0.15, 0.2) is 53.1 Å². The molecular weight excluding hydrogens is 435 g/mol. The molecule has 0 amide bonds. The summed E-state index contributed by atoms with van der Waals surface area (Å²) in [5, 5.41) is 1.08. The van der Waals surface area contributed by atoms with Gasteiger partial charge in [-0.25, -0.2) is 9.13 Å². The highest BCUT2D eigenvalue weighted by atomic mass is 79.9. The third kappa shape index (κ3) is 3.34. The molecule has 4 rings (SSSR count). The van der Waals surface area contributed by atoms with Gasteiger partial charge < -0.3 is 0 Å². The Kier molecular flexibility index (Phi) is 4.91. The van der Waals surface area contributed by atoms with Gasteiger partial charge in [0.15, 0.2) is 12.2 Å². The zero-order chi connectivity index (χ0) is 18.3. The molecule has 1 aromatic heterocycles.